The molecule has 0 aliphatic carbocycles. The Labute approximate surface area is 174 Å². The molecule has 2 amide bonds. The lowest BCUT2D eigenvalue weighted by Crippen LogP contribution is -2.51. The number of hydrogen-bond donors (Lipinski definition) is 2. The molecule has 3 heterocycles. The fraction of sp³-hybridized carbons (Fsp3) is 0.476. The third kappa shape index (κ3) is 3.79. The van der Waals surface area contributed by atoms with Crippen LogP contribution in [-0.2, 0) is 16.0 Å². The number of aromatic nitrogens is 2. The summed E-state index contributed by atoms with van der Waals surface area (Å²) in [4.78, 5) is 34.8. The largest absolute Gasteiger partial charge is 0.467 e. The van der Waals surface area contributed by atoms with Gasteiger partial charge in [0.2, 0.25) is 6.79 Å². The van der Waals surface area contributed by atoms with Crippen molar-refractivity contribution in [2.75, 3.05) is 20.4 Å². The SMILES string of the molecule is COC(=O)C(CC(C)C)NC(=O)N1CCc2[nH]cnc2C1c1ccc2c(c1)OCO2. The van der Waals surface area contributed by atoms with Crippen LogP contribution in [0.1, 0.15) is 43.3 Å². The fourth-order valence-corrected chi connectivity index (χ4v) is 3.98. The summed E-state index contributed by atoms with van der Waals surface area (Å²) in [5.74, 6) is 1.09. The van der Waals surface area contributed by atoms with Crippen LogP contribution in [0.5, 0.6) is 11.5 Å². The summed E-state index contributed by atoms with van der Waals surface area (Å²) in [6.45, 7) is 4.65. The minimum absolute atomic E-state index is 0.178. The van der Waals surface area contributed by atoms with Gasteiger partial charge in [-0.15, -0.1) is 0 Å². The van der Waals surface area contributed by atoms with Crippen molar-refractivity contribution in [3.8, 4) is 11.5 Å². The zero-order valence-electron chi connectivity index (χ0n) is 17.3. The van der Waals surface area contributed by atoms with E-state index in [4.69, 9.17) is 14.2 Å². The highest BCUT2D eigenvalue weighted by molar-refractivity contribution is 5.84. The molecule has 2 aliphatic heterocycles. The van der Waals surface area contributed by atoms with Crippen LogP contribution in [0.2, 0.25) is 0 Å². The van der Waals surface area contributed by atoms with Gasteiger partial charge in [0.1, 0.15) is 12.1 Å². The fourth-order valence-electron chi connectivity index (χ4n) is 3.98. The number of esters is 1. The first-order valence-corrected chi connectivity index (χ1v) is 10.0. The van der Waals surface area contributed by atoms with Gasteiger partial charge in [-0.05, 0) is 30.0 Å². The number of benzene rings is 1. The van der Waals surface area contributed by atoms with Crippen LogP contribution in [0, 0.1) is 5.92 Å². The first kappa shape index (κ1) is 20.1. The Morgan fingerprint density at radius 3 is 2.90 bits per heavy atom. The lowest BCUT2D eigenvalue weighted by atomic mass is 9.95. The average Bonchev–Trinajstić information content (AvgIpc) is 3.39. The van der Waals surface area contributed by atoms with E-state index in [1.165, 1.54) is 7.11 Å². The van der Waals surface area contributed by atoms with Crippen LogP contribution < -0.4 is 14.8 Å². The van der Waals surface area contributed by atoms with Crippen LogP contribution in [0.15, 0.2) is 24.5 Å². The average molecular weight is 414 g/mol. The lowest BCUT2D eigenvalue weighted by molar-refractivity contribution is -0.143. The van der Waals surface area contributed by atoms with Crippen molar-refractivity contribution >= 4 is 12.0 Å². The third-order valence-electron chi connectivity index (χ3n) is 5.39. The number of nitrogens with one attached hydrogen (secondary N) is 2. The Balaban J connectivity index is 1.64. The predicted octanol–water partition coefficient (Wildman–Crippen LogP) is 2.38. The molecule has 4 rings (SSSR count). The summed E-state index contributed by atoms with van der Waals surface area (Å²) in [5.41, 5.74) is 2.64. The van der Waals surface area contributed by atoms with E-state index in [1.807, 2.05) is 32.0 Å². The van der Waals surface area contributed by atoms with E-state index < -0.39 is 18.1 Å². The Kier molecular flexibility index (Phi) is 5.52. The van der Waals surface area contributed by atoms with Crippen molar-refractivity contribution in [1.82, 2.24) is 20.2 Å². The second kappa shape index (κ2) is 8.25. The smallest absolute Gasteiger partial charge is 0.328 e. The Morgan fingerprint density at radius 1 is 1.33 bits per heavy atom. The van der Waals surface area contributed by atoms with Crippen LogP contribution in [0.25, 0.3) is 0 Å². The van der Waals surface area contributed by atoms with Crippen LogP contribution in [0.4, 0.5) is 4.79 Å². The number of carbonyl (C=O) groups excluding carboxylic acids is 2. The van der Waals surface area contributed by atoms with E-state index in [0.29, 0.717) is 30.9 Å². The second-order valence-corrected chi connectivity index (χ2v) is 7.88. The second-order valence-electron chi connectivity index (χ2n) is 7.88. The number of methoxy groups -OCH3 is 1. The topological polar surface area (TPSA) is 106 Å². The molecule has 9 nitrogen and oxygen atoms in total. The number of fused-ring (bicyclic) bond motifs is 2. The molecule has 9 heteroatoms. The number of imidazole rings is 1. The van der Waals surface area contributed by atoms with Crippen molar-refractivity contribution in [3.63, 3.8) is 0 Å². The van der Waals surface area contributed by atoms with Crippen LogP contribution in [0.3, 0.4) is 0 Å². The van der Waals surface area contributed by atoms with E-state index in [0.717, 1.165) is 17.0 Å². The zero-order valence-corrected chi connectivity index (χ0v) is 17.3. The molecule has 2 atom stereocenters. The molecular formula is C21H26N4O5. The van der Waals surface area contributed by atoms with Gasteiger partial charge in [-0.1, -0.05) is 19.9 Å². The van der Waals surface area contributed by atoms with Gasteiger partial charge in [0.15, 0.2) is 11.5 Å². The number of ether oxygens (including phenoxy) is 3. The summed E-state index contributed by atoms with van der Waals surface area (Å²) in [6.07, 6.45) is 2.79. The van der Waals surface area contributed by atoms with Gasteiger partial charge in [-0.25, -0.2) is 14.6 Å². The number of urea groups is 1. The highest BCUT2D eigenvalue weighted by atomic mass is 16.7. The number of nitrogens with zero attached hydrogens (tertiary/aromatic N) is 2. The summed E-state index contributed by atoms with van der Waals surface area (Å²) in [5, 5.41) is 2.86. The summed E-state index contributed by atoms with van der Waals surface area (Å²) in [7, 11) is 1.33. The molecular weight excluding hydrogens is 388 g/mol. The number of aromatic amines is 1. The first-order chi connectivity index (χ1) is 14.5. The zero-order chi connectivity index (χ0) is 21.3. The van der Waals surface area contributed by atoms with E-state index in [1.54, 1.807) is 11.2 Å². The van der Waals surface area contributed by atoms with E-state index in [-0.39, 0.29) is 18.7 Å². The maximum Gasteiger partial charge on any atom is 0.328 e. The Bertz CT molecular complexity index is 941. The standard InChI is InChI=1S/C21H26N4O5/c1-12(2)8-15(20(26)28-3)24-21(27)25-7-6-14-18(23-10-22-14)19(25)13-4-5-16-17(9-13)30-11-29-16/h4-5,9-10,12,15,19H,6-8,11H2,1-3H3,(H,22,23)(H,24,27). The van der Waals surface area contributed by atoms with Crippen molar-refractivity contribution in [2.24, 2.45) is 5.92 Å². The molecule has 2 aliphatic rings. The quantitative estimate of drug-likeness (QED) is 0.728. The molecule has 2 aromatic rings. The molecule has 2 N–H and O–H groups in total. The number of amides is 2. The minimum atomic E-state index is -0.708. The first-order valence-electron chi connectivity index (χ1n) is 10.0. The van der Waals surface area contributed by atoms with E-state index in [9.17, 15) is 9.59 Å². The molecule has 0 spiro atoms. The van der Waals surface area contributed by atoms with Crippen LogP contribution in [-0.4, -0.2) is 53.4 Å². The molecule has 0 fully saturated rings. The molecule has 2 unspecified atom stereocenters. The van der Waals surface area contributed by atoms with Crippen molar-refractivity contribution in [1.29, 1.82) is 0 Å². The van der Waals surface area contributed by atoms with Crippen molar-refractivity contribution in [3.05, 3.63) is 41.5 Å². The summed E-state index contributed by atoms with van der Waals surface area (Å²) >= 11 is 0. The van der Waals surface area contributed by atoms with Crippen molar-refractivity contribution in [2.45, 2.75) is 38.8 Å². The van der Waals surface area contributed by atoms with Gasteiger partial charge in [0, 0.05) is 18.7 Å². The molecule has 0 saturated heterocycles. The molecule has 1 aromatic carbocycles. The van der Waals surface area contributed by atoms with Gasteiger partial charge >= 0.3 is 12.0 Å². The maximum atomic E-state index is 13.3. The predicted molar refractivity (Wildman–Crippen MR) is 107 cm³/mol. The van der Waals surface area contributed by atoms with Crippen LogP contribution >= 0.6 is 0 Å². The van der Waals surface area contributed by atoms with Crippen molar-refractivity contribution < 1.29 is 23.8 Å². The number of carbonyl (C=O) groups is 2. The molecule has 1 aromatic heterocycles. The van der Waals surface area contributed by atoms with E-state index >= 15 is 0 Å². The monoisotopic (exact) mass is 414 g/mol. The lowest BCUT2D eigenvalue weighted by Gasteiger charge is -2.36. The highest BCUT2D eigenvalue weighted by Gasteiger charge is 2.36. The molecule has 0 bridgehead atoms. The number of hydrogen-bond acceptors (Lipinski definition) is 6. The third-order valence-corrected chi connectivity index (χ3v) is 5.39. The minimum Gasteiger partial charge on any atom is -0.467 e. The molecule has 0 radical (unpaired) electrons. The number of rotatable bonds is 5. The van der Waals surface area contributed by atoms with Gasteiger partial charge < -0.3 is 29.4 Å². The molecule has 30 heavy (non-hydrogen) atoms. The van der Waals surface area contributed by atoms with Gasteiger partial charge in [-0.2, -0.15) is 0 Å². The Morgan fingerprint density at radius 2 is 2.13 bits per heavy atom. The van der Waals surface area contributed by atoms with Gasteiger partial charge in [0.25, 0.3) is 0 Å². The van der Waals surface area contributed by atoms with E-state index in [2.05, 4.69) is 15.3 Å². The molecule has 160 valence electrons. The summed E-state index contributed by atoms with van der Waals surface area (Å²) < 4.78 is 15.8. The molecule has 0 saturated carbocycles. The summed E-state index contributed by atoms with van der Waals surface area (Å²) in [6, 6.07) is 4.18. The Hall–Kier alpha value is -3.23. The highest BCUT2D eigenvalue weighted by Crippen LogP contribution is 2.39. The van der Waals surface area contributed by atoms with Gasteiger partial charge in [-0.3, -0.25) is 0 Å². The van der Waals surface area contributed by atoms with Gasteiger partial charge in [0.05, 0.1) is 19.1 Å². The number of H-pyrrole nitrogens is 1. The normalized spacial score (nSPS) is 18.1. The maximum absolute atomic E-state index is 13.3.